The molecule has 2 unspecified atom stereocenters. The van der Waals surface area contributed by atoms with Gasteiger partial charge in [0.15, 0.2) is 0 Å². The van der Waals surface area contributed by atoms with E-state index < -0.39 is 23.8 Å². The van der Waals surface area contributed by atoms with Gasteiger partial charge < -0.3 is 29.7 Å². The summed E-state index contributed by atoms with van der Waals surface area (Å²) in [6.45, 7) is 1.73. The van der Waals surface area contributed by atoms with E-state index in [1.807, 2.05) is 24.3 Å². The normalized spacial score (nSPS) is 19.0. The van der Waals surface area contributed by atoms with Crippen LogP contribution in [0.2, 0.25) is 0 Å². The van der Waals surface area contributed by atoms with Crippen molar-refractivity contribution in [2.24, 2.45) is 5.92 Å². The molecule has 9 heteroatoms. The van der Waals surface area contributed by atoms with Gasteiger partial charge in [0.05, 0.1) is 36.4 Å². The number of aromatic carboxylic acids is 1. The lowest BCUT2D eigenvalue weighted by Gasteiger charge is -2.27. The van der Waals surface area contributed by atoms with Crippen molar-refractivity contribution in [2.75, 3.05) is 19.8 Å². The highest BCUT2D eigenvalue weighted by Crippen LogP contribution is 2.27. The van der Waals surface area contributed by atoms with Gasteiger partial charge in [0, 0.05) is 12.6 Å². The molecule has 2 aromatic carbocycles. The van der Waals surface area contributed by atoms with Crippen molar-refractivity contribution in [1.82, 2.24) is 5.32 Å². The maximum Gasteiger partial charge on any atom is 0.335 e. The summed E-state index contributed by atoms with van der Waals surface area (Å²) in [6, 6.07) is 11.9. The Labute approximate surface area is 253 Å². The Morgan fingerprint density at radius 3 is 2.33 bits per heavy atom. The van der Waals surface area contributed by atoms with Crippen molar-refractivity contribution in [1.29, 1.82) is 0 Å². The Morgan fingerprint density at radius 2 is 1.53 bits per heavy atom. The molecule has 2 aromatic rings. The SMILES string of the molecule is O=C(O)c1ccc(OCCCc2ccccc2OCCCCOC2CCCCC2)c(C(=O)NC2CCCC(C(=O)O)C2)c1. The lowest BCUT2D eigenvalue weighted by atomic mass is 9.85. The minimum Gasteiger partial charge on any atom is -0.493 e. The van der Waals surface area contributed by atoms with E-state index in [-0.39, 0.29) is 17.2 Å². The first-order chi connectivity index (χ1) is 20.9. The molecule has 0 aromatic heterocycles. The smallest absolute Gasteiger partial charge is 0.335 e. The summed E-state index contributed by atoms with van der Waals surface area (Å²) in [4.78, 5) is 36.2. The Balaban J connectivity index is 1.25. The van der Waals surface area contributed by atoms with Gasteiger partial charge in [0.2, 0.25) is 0 Å². The van der Waals surface area contributed by atoms with Crippen LogP contribution in [0.3, 0.4) is 0 Å². The first-order valence-corrected chi connectivity index (χ1v) is 15.8. The lowest BCUT2D eigenvalue weighted by Crippen LogP contribution is -2.40. The van der Waals surface area contributed by atoms with Crippen LogP contribution in [-0.4, -0.2) is 60.0 Å². The number of amides is 1. The lowest BCUT2D eigenvalue weighted by molar-refractivity contribution is -0.143. The van der Waals surface area contributed by atoms with E-state index in [1.165, 1.54) is 50.3 Å². The van der Waals surface area contributed by atoms with E-state index in [9.17, 15) is 24.6 Å². The molecule has 0 bridgehead atoms. The number of hydrogen-bond donors (Lipinski definition) is 3. The molecule has 2 aliphatic rings. The number of carbonyl (C=O) groups excluding carboxylic acids is 1. The summed E-state index contributed by atoms with van der Waals surface area (Å²) in [5, 5.41) is 21.7. The van der Waals surface area contributed by atoms with Crippen LogP contribution in [0, 0.1) is 5.92 Å². The minimum absolute atomic E-state index is 0.0174. The predicted molar refractivity (Wildman–Crippen MR) is 162 cm³/mol. The summed E-state index contributed by atoms with van der Waals surface area (Å²) in [7, 11) is 0. The molecule has 1 amide bonds. The van der Waals surface area contributed by atoms with Gasteiger partial charge in [-0.3, -0.25) is 9.59 Å². The van der Waals surface area contributed by atoms with E-state index in [0.29, 0.717) is 63.6 Å². The third-order valence-electron chi connectivity index (χ3n) is 8.35. The second-order valence-electron chi connectivity index (χ2n) is 11.6. The highest BCUT2D eigenvalue weighted by Gasteiger charge is 2.29. The number of benzene rings is 2. The number of carboxylic acid groups (broad SMARTS) is 2. The molecule has 3 N–H and O–H groups in total. The fourth-order valence-corrected chi connectivity index (χ4v) is 5.94. The molecule has 2 saturated carbocycles. The third kappa shape index (κ3) is 10.3. The van der Waals surface area contributed by atoms with Gasteiger partial charge in [0.1, 0.15) is 11.5 Å². The fourth-order valence-electron chi connectivity index (χ4n) is 5.94. The predicted octanol–water partition coefficient (Wildman–Crippen LogP) is 6.28. The highest BCUT2D eigenvalue weighted by atomic mass is 16.5. The minimum atomic E-state index is -1.14. The summed E-state index contributed by atoms with van der Waals surface area (Å²) in [5.41, 5.74) is 1.19. The first-order valence-electron chi connectivity index (χ1n) is 15.8. The Bertz CT molecular complexity index is 1210. The van der Waals surface area contributed by atoms with Crippen molar-refractivity contribution in [3.05, 3.63) is 59.2 Å². The highest BCUT2D eigenvalue weighted by molar-refractivity contribution is 6.00. The van der Waals surface area contributed by atoms with Gasteiger partial charge in [-0.05, 0) is 87.6 Å². The van der Waals surface area contributed by atoms with Crippen LogP contribution in [0.4, 0.5) is 0 Å². The van der Waals surface area contributed by atoms with Crippen molar-refractivity contribution in [2.45, 2.75) is 95.6 Å². The molecule has 9 nitrogen and oxygen atoms in total. The topological polar surface area (TPSA) is 131 Å². The Morgan fingerprint density at radius 1 is 0.791 bits per heavy atom. The van der Waals surface area contributed by atoms with Crippen LogP contribution in [-0.2, 0) is 16.0 Å². The van der Waals surface area contributed by atoms with Crippen LogP contribution in [0.15, 0.2) is 42.5 Å². The van der Waals surface area contributed by atoms with E-state index in [0.717, 1.165) is 30.8 Å². The van der Waals surface area contributed by atoms with Crippen molar-refractivity contribution in [3.63, 3.8) is 0 Å². The number of rotatable bonds is 16. The van der Waals surface area contributed by atoms with Crippen LogP contribution < -0.4 is 14.8 Å². The maximum atomic E-state index is 13.2. The van der Waals surface area contributed by atoms with Gasteiger partial charge in [-0.1, -0.05) is 43.9 Å². The summed E-state index contributed by atoms with van der Waals surface area (Å²) < 4.78 is 18.1. The monoisotopic (exact) mass is 595 g/mol. The zero-order valence-electron chi connectivity index (χ0n) is 24.9. The molecule has 2 fully saturated rings. The third-order valence-corrected chi connectivity index (χ3v) is 8.35. The standard InChI is InChI=1S/C34H45NO8/c36-32(35-27-13-8-11-25(22-27)33(37)38)29-23-26(34(39)40)17-18-31(29)43-21-9-12-24-10-4-5-16-30(24)42-20-7-6-19-41-28-14-2-1-3-15-28/h4-5,10,16-18,23,25,27-28H,1-3,6-9,11-15,19-22H2,(H,35,36)(H,37,38)(H,39,40). The van der Waals surface area contributed by atoms with E-state index in [1.54, 1.807) is 0 Å². The zero-order chi connectivity index (χ0) is 30.4. The van der Waals surface area contributed by atoms with Crippen molar-refractivity contribution < 1.29 is 38.8 Å². The molecule has 0 heterocycles. The van der Waals surface area contributed by atoms with Gasteiger partial charge in [0.25, 0.3) is 5.91 Å². The second-order valence-corrected chi connectivity index (χ2v) is 11.6. The number of aryl methyl sites for hydroxylation is 1. The number of ether oxygens (including phenoxy) is 3. The van der Waals surface area contributed by atoms with E-state index in [2.05, 4.69) is 5.32 Å². The Hall–Kier alpha value is -3.59. The Kier molecular flexibility index (Phi) is 12.7. The van der Waals surface area contributed by atoms with E-state index >= 15 is 0 Å². The number of carboxylic acids is 2. The zero-order valence-corrected chi connectivity index (χ0v) is 24.9. The molecule has 4 rings (SSSR count). The van der Waals surface area contributed by atoms with Crippen LogP contribution in [0.1, 0.15) is 103 Å². The maximum absolute atomic E-state index is 13.2. The van der Waals surface area contributed by atoms with Gasteiger partial charge in [-0.2, -0.15) is 0 Å². The number of aliphatic carboxylic acids is 1. The summed E-state index contributed by atoms with van der Waals surface area (Å²) in [6.07, 6.45) is 12.3. The molecule has 0 aliphatic heterocycles. The molecule has 234 valence electrons. The molecule has 0 spiro atoms. The largest absolute Gasteiger partial charge is 0.493 e. The number of carbonyl (C=O) groups is 3. The van der Waals surface area contributed by atoms with Crippen molar-refractivity contribution >= 4 is 17.8 Å². The number of unbranched alkanes of at least 4 members (excludes halogenated alkanes) is 1. The molecule has 0 radical (unpaired) electrons. The number of nitrogens with one attached hydrogen (secondary N) is 1. The van der Waals surface area contributed by atoms with Crippen LogP contribution >= 0.6 is 0 Å². The van der Waals surface area contributed by atoms with Crippen LogP contribution in [0.25, 0.3) is 0 Å². The average molecular weight is 596 g/mol. The molecule has 2 atom stereocenters. The summed E-state index contributed by atoms with van der Waals surface area (Å²) >= 11 is 0. The van der Waals surface area contributed by atoms with Gasteiger partial charge >= 0.3 is 11.9 Å². The van der Waals surface area contributed by atoms with Crippen molar-refractivity contribution in [3.8, 4) is 11.5 Å². The van der Waals surface area contributed by atoms with E-state index in [4.69, 9.17) is 14.2 Å². The molecule has 2 aliphatic carbocycles. The van der Waals surface area contributed by atoms with Gasteiger partial charge in [-0.15, -0.1) is 0 Å². The second kappa shape index (κ2) is 16.9. The first kappa shape index (κ1) is 32.3. The molecule has 0 saturated heterocycles. The number of hydrogen-bond acceptors (Lipinski definition) is 6. The fraction of sp³-hybridized carbons (Fsp3) is 0.559. The molecule has 43 heavy (non-hydrogen) atoms. The number of para-hydroxylation sites is 1. The van der Waals surface area contributed by atoms with Gasteiger partial charge in [-0.25, -0.2) is 4.79 Å². The average Bonchev–Trinajstić information content (AvgIpc) is 3.02. The van der Waals surface area contributed by atoms with Crippen LogP contribution in [0.5, 0.6) is 11.5 Å². The molecular weight excluding hydrogens is 550 g/mol. The molecular formula is C34H45NO8. The quantitative estimate of drug-likeness (QED) is 0.193. The summed E-state index contributed by atoms with van der Waals surface area (Å²) in [5.74, 6) is -1.80.